The van der Waals surface area contributed by atoms with Crippen molar-refractivity contribution in [2.24, 2.45) is 0 Å². The number of phenols is 1. The molecule has 0 unspecified atom stereocenters. The molecule has 0 aromatic heterocycles. The average Bonchev–Trinajstić information content (AvgIpc) is 2.17. The lowest BCUT2D eigenvalue weighted by Crippen LogP contribution is -2.17. The van der Waals surface area contributed by atoms with Crippen LogP contribution in [0.4, 0.5) is 0 Å². The van der Waals surface area contributed by atoms with Gasteiger partial charge in [0.25, 0.3) is 0 Å². The quantitative estimate of drug-likeness (QED) is 0.784. The largest absolute Gasteiger partial charge is 0.508 e. The fourth-order valence-electron chi connectivity index (χ4n) is 1.09. The first-order valence-corrected chi connectivity index (χ1v) is 4.75. The van der Waals surface area contributed by atoms with E-state index in [0.29, 0.717) is 13.2 Å². The second-order valence-electron chi connectivity index (χ2n) is 3.07. The molecule has 0 spiro atoms. The van der Waals surface area contributed by atoms with E-state index < -0.39 is 0 Å². The van der Waals surface area contributed by atoms with Crippen LogP contribution >= 0.6 is 0 Å². The van der Waals surface area contributed by atoms with E-state index in [4.69, 9.17) is 14.6 Å². The van der Waals surface area contributed by atoms with E-state index >= 15 is 0 Å². The molecule has 1 rings (SSSR count). The Balaban J connectivity index is 2.34. The number of hydrogen-bond donors (Lipinski definition) is 1. The molecular formula is C11H16O3. The highest BCUT2D eigenvalue weighted by Gasteiger charge is 2.01. The maximum absolute atomic E-state index is 9.04. The average molecular weight is 196 g/mol. The zero-order valence-corrected chi connectivity index (χ0v) is 8.56. The van der Waals surface area contributed by atoms with Gasteiger partial charge < -0.3 is 14.6 Å². The Bertz CT molecular complexity index is 256. The van der Waals surface area contributed by atoms with Crippen molar-refractivity contribution in [3.05, 3.63) is 24.3 Å². The highest BCUT2D eigenvalue weighted by atomic mass is 16.5. The Hall–Kier alpha value is -1.22. The van der Waals surface area contributed by atoms with Crippen LogP contribution in [-0.2, 0) is 4.74 Å². The summed E-state index contributed by atoms with van der Waals surface area (Å²) in [6.07, 6.45) is 0.0915. The molecule has 14 heavy (non-hydrogen) atoms. The third-order valence-electron chi connectivity index (χ3n) is 1.77. The highest BCUT2D eigenvalue weighted by molar-refractivity contribution is 5.30. The van der Waals surface area contributed by atoms with E-state index in [1.54, 1.807) is 24.3 Å². The summed E-state index contributed by atoms with van der Waals surface area (Å²) in [5.74, 6) is 0.990. The van der Waals surface area contributed by atoms with E-state index in [2.05, 4.69) is 0 Å². The van der Waals surface area contributed by atoms with E-state index in [0.717, 1.165) is 5.75 Å². The zero-order chi connectivity index (χ0) is 10.4. The second-order valence-corrected chi connectivity index (χ2v) is 3.07. The van der Waals surface area contributed by atoms with Crippen molar-refractivity contribution >= 4 is 0 Å². The van der Waals surface area contributed by atoms with Crippen molar-refractivity contribution in [3.63, 3.8) is 0 Å². The Kier molecular flexibility index (Phi) is 4.26. The van der Waals surface area contributed by atoms with Crippen molar-refractivity contribution in [3.8, 4) is 11.5 Å². The smallest absolute Gasteiger partial charge is 0.119 e. The summed E-state index contributed by atoms with van der Waals surface area (Å²) in [6.45, 7) is 5.14. The Morgan fingerprint density at radius 3 is 2.50 bits per heavy atom. The second kappa shape index (κ2) is 5.50. The van der Waals surface area contributed by atoms with Gasteiger partial charge in [-0.2, -0.15) is 0 Å². The van der Waals surface area contributed by atoms with Gasteiger partial charge in [0.05, 0.1) is 6.10 Å². The minimum Gasteiger partial charge on any atom is -0.508 e. The fourth-order valence-corrected chi connectivity index (χ4v) is 1.09. The summed E-state index contributed by atoms with van der Waals surface area (Å²) in [4.78, 5) is 0. The minimum absolute atomic E-state index is 0.0915. The topological polar surface area (TPSA) is 38.7 Å². The van der Waals surface area contributed by atoms with Gasteiger partial charge in [-0.25, -0.2) is 0 Å². The molecule has 0 heterocycles. The van der Waals surface area contributed by atoms with E-state index in [1.165, 1.54) is 0 Å². The van der Waals surface area contributed by atoms with Crippen LogP contribution in [0.15, 0.2) is 24.3 Å². The van der Waals surface area contributed by atoms with Crippen LogP contribution in [0.5, 0.6) is 11.5 Å². The third kappa shape index (κ3) is 3.66. The van der Waals surface area contributed by atoms with Crippen LogP contribution in [0.1, 0.15) is 13.8 Å². The first-order valence-electron chi connectivity index (χ1n) is 4.75. The van der Waals surface area contributed by atoms with Crippen molar-refractivity contribution in [1.29, 1.82) is 0 Å². The predicted octanol–water partition coefficient (Wildman–Crippen LogP) is 2.20. The van der Waals surface area contributed by atoms with Gasteiger partial charge in [-0.05, 0) is 38.1 Å². The molecule has 0 bridgehead atoms. The molecule has 0 amide bonds. The number of hydrogen-bond acceptors (Lipinski definition) is 3. The number of phenolic OH excluding ortho intramolecular Hbond substituents is 1. The molecular weight excluding hydrogens is 180 g/mol. The van der Waals surface area contributed by atoms with Crippen LogP contribution in [-0.4, -0.2) is 24.4 Å². The molecule has 1 aromatic rings. The van der Waals surface area contributed by atoms with E-state index in [9.17, 15) is 0 Å². The summed E-state index contributed by atoms with van der Waals surface area (Å²) in [5.41, 5.74) is 0. The van der Waals surface area contributed by atoms with Gasteiger partial charge in [-0.15, -0.1) is 0 Å². The summed E-state index contributed by atoms with van der Waals surface area (Å²) in [7, 11) is 0. The Morgan fingerprint density at radius 1 is 1.29 bits per heavy atom. The normalized spacial score (nSPS) is 12.4. The number of aromatic hydroxyl groups is 1. The van der Waals surface area contributed by atoms with Gasteiger partial charge in [-0.3, -0.25) is 0 Å². The first-order chi connectivity index (χ1) is 6.72. The lowest BCUT2D eigenvalue weighted by molar-refractivity contribution is 0.0402. The van der Waals surface area contributed by atoms with Gasteiger partial charge in [-0.1, -0.05) is 0 Å². The molecule has 0 saturated heterocycles. The zero-order valence-electron chi connectivity index (χ0n) is 8.56. The third-order valence-corrected chi connectivity index (χ3v) is 1.77. The van der Waals surface area contributed by atoms with Crippen LogP contribution in [0, 0.1) is 0 Å². The van der Waals surface area contributed by atoms with Gasteiger partial charge in [0.15, 0.2) is 0 Å². The molecule has 0 fully saturated rings. The van der Waals surface area contributed by atoms with Gasteiger partial charge in [0.1, 0.15) is 18.1 Å². The number of benzene rings is 1. The maximum Gasteiger partial charge on any atom is 0.119 e. The standard InChI is InChI=1S/C11H16O3/c1-3-13-9(2)8-14-11-6-4-10(12)5-7-11/h4-7,9,12H,3,8H2,1-2H3/t9-/m0/s1. The highest BCUT2D eigenvalue weighted by Crippen LogP contribution is 2.16. The summed E-state index contributed by atoms with van der Waals surface area (Å²) in [5, 5.41) is 9.04. The summed E-state index contributed by atoms with van der Waals surface area (Å²) in [6, 6.07) is 6.66. The Labute approximate surface area is 84.3 Å². The number of rotatable bonds is 5. The molecule has 1 atom stereocenters. The van der Waals surface area contributed by atoms with E-state index in [1.807, 2.05) is 13.8 Å². The lowest BCUT2D eigenvalue weighted by atomic mass is 10.3. The molecule has 0 aliphatic rings. The summed E-state index contributed by atoms with van der Waals surface area (Å²) >= 11 is 0. The fraction of sp³-hybridized carbons (Fsp3) is 0.455. The molecule has 1 N–H and O–H groups in total. The van der Waals surface area contributed by atoms with Crippen LogP contribution in [0.25, 0.3) is 0 Å². The van der Waals surface area contributed by atoms with Crippen molar-refractivity contribution in [2.75, 3.05) is 13.2 Å². The molecule has 0 radical (unpaired) electrons. The lowest BCUT2D eigenvalue weighted by Gasteiger charge is -2.12. The van der Waals surface area contributed by atoms with Crippen molar-refractivity contribution < 1.29 is 14.6 Å². The number of ether oxygens (including phenoxy) is 2. The van der Waals surface area contributed by atoms with Gasteiger partial charge in [0.2, 0.25) is 0 Å². The van der Waals surface area contributed by atoms with Crippen LogP contribution < -0.4 is 4.74 Å². The van der Waals surface area contributed by atoms with E-state index in [-0.39, 0.29) is 11.9 Å². The SMILES string of the molecule is CCO[C@@H](C)COc1ccc(O)cc1. The minimum atomic E-state index is 0.0915. The first kappa shape index (κ1) is 10.9. The molecule has 0 aliphatic carbocycles. The van der Waals surface area contributed by atoms with Crippen LogP contribution in [0.3, 0.4) is 0 Å². The maximum atomic E-state index is 9.04. The monoisotopic (exact) mass is 196 g/mol. The molecule has 1 aromatic carbocycles. The van der Waals surface area contributed by atoms with Gasteiger partial charge in [0, 0.05) is 6.61 Å². The van der Waals surface area contributed by atoms with Crippen LogP contribution in [0.2, 0.25) is 0 Å². The Morgan fingerprint density at radius 2 is 1.93 bits per heavy atom. The van der Waals surface area contributed by atoms with Crippen molar-refractivity contribution in [2.45, 2.75) is 20.0 Å². The summed E-state index contributed by atoms with van der Waals surface area (Å²) < 4.78 is 10.8. The van der Waals surface area contributed by atoms with Gasteiger partial charge >= 0.3 is 0 Å². The molecule has 78 valence electrons. The molecule has 0 aliphatic heterocycles. The molecule has 3 nitrogen and oxygen atoms in total. The predicted molar refractivity (Wildman–Crippen MR) is 54.7 cm³/mol. The van der Waals surface area contributed by atoms with Crippen molar-refractivity contribution in [1.82, 2.24) is 0 Å². The molecule has 0 saturated carbocycles. The molecule has 3 heteroatoms.